The number of anilines is 1. The minimum atomic E-state index is -0.346. The molecule has 1 aliphatic heterocycles. The topological polar surface area (TPSA) is 49.8 Å². The minimum absolute atomic E-state index is 0.132. The second kappa shape index (κ2) is 3.14. The smallest absolute Gasteiger partial charge is 0.415 e. The van der Waals surface area contributed by atoms with Crippen LogP contribution in [0.3, 0.4) is 0 Å². The summed E-state index contributed by atoms with van der Waals surface area (Å²) in [7, 11) is 0. The van der Waals surface area contributed by atoms with Crippen LogP contribution in [0.5, 0.6) is 5.75 Å². The van der Waals surface area contributed by atoms with Crippen LogP contribution < -0.4 is 4.90 Å². The number of rotatable bonds is 1. The Morgan fingerprint density at radius 2 is 2.06 bits per heavy atom. The van der Waals surface area contributed by atoms with E-state index in [-0.39, 0.29) is 17.4 Å². The Kier molecular flexibility index (Phi) is 1.87. The van der Waals surface area contributed by atoms with Crippen molar-refractivity contribution in [3.8, 4) is 5.75 Å². The molecule has 1 aromatic rings. The van der Waals surface area contributed by atoms with E-state index in [4.69, 9.17) is 4.74 Å². The zero-order valence-electron chi connectivity index (χ0n) is 8.85. The summed E-state index contributed by atoms with van der Waals surface area (Å²) in [4.78, 5) is 13.3. The number of nitrogens with zero attached hydrogens (tertiary/aromatic N) is 1. The lowest BCUT2D eigenvalue weighted by atomic mass is 9.76. The second-order valence-electron chi connectivity index (χ2n) is 4.46. The van der Waals surface area contributed by atoms with Crippen molar-refractivity contribution in [3.05, 3.63) is 24.3 Å². The molecule has 4 heteroatoms. The van der Waals surface area contributed by atoms with Crippen molar-refractivity contribution in [2.24, 2.45) is 0 Å². The van der Waals surface area contributed by atoms with E-state index in [0.717, 1.165) is 19.3 Å². The van der Waals surface area contributed by atoms with E-state index < -0.39 is 0 Å². The maximum absolute atomic E-state index is 11.7. The van der Waals surface area contributed by atoms with E-state index in [1.807, 2.05) is 6.07 Å². The maximum Gasteiger partial charge on any atom is 0.415 e. The lowest BCUT2D eigenvalue weighted by Gasteiger charge is -2.42. The molecular formula is C12H13NO3. The third-order valence-electron chi connectivity index (χ3n) is 3.53. The molecule has 3 rings (SSSR count). The molecule has 1 aliphatic carbocycles. The normalized spacial score (nSPS) is 22.0. The molecule has 84 valence electrons. The van der Waals surface area contributed by atoms with Crippen LogP contribution >= 0.6 is 0 Å². The van der Waals surface area contributed by atoms with Gasteiger partial charge in [0.15, 0.2) is 0 Å². The van der Waals surface area contributed by atoms with Gasteiger partial charge in [0.25, 0.3) is 0 Å². The highest BCUT2D eigenvalue weighted by Crippen LogP contribution is 2.46. The highest BCUT2D eigenvalue weighted by atomic mass is 16.6. The number of hydrogen-bond donors (Lipinski definition) is 1. The van der Waals surface area contributed by atoms with Gasteiger partial charge in [-0.15, -0.1) is 0 Å². The Morgan fingerprint density at radius 3 is 2.69 bits per heavy atom. The molecule has 1 aromatic carbocycles. The second-order valence-corrected chi connectivity index (χ2v) is 4.46. The molecule has 1 saturated carbocycles. The van der Waals surface area contributed by atoms with Gasteiger partial charge in [-0.25, -0.2) is 4.79 Å². The van der Waals surface area contributed by atoms with Gasteiger partial charge in [0.05, 0.1) is 11.2 Å². The van der Waals surface area contributed by atoms with Crippen molar-refractivity contribution in [1.29, 1.82) is 0 Å². The summed E-state index contributed by atoms with van der Waals surface area (Å²) in [6, 6.07) is 6.90. The maximum atomic E-state index is 11.7. The molecule has 1 amide bonds. The Hall–Kier alpha value is -1.71. The highest BCUT2D eigenvalue weighted by Gasteiger charge is 2.52. The first kappa shape index (κ1) is 9.51. The van der Waals surface area contributed by atoms with Gasteiger partial charge in [0, 0.05) is 0 Å². The van der Waals surface area contributed by atoms with Crippen LogP contribution in [0.4, 0.5) is 10.5 Å². The van der Waals surface area contributed by atoms with Crippen LogP contribution in [-0.4, -0.2) is 23.3 Å². The lowest BCUT2D eigenvalue weighted by Crippen LogP contribution is -2.52. The van der Waals surface area contributed by atoms with Crippen molar-refractivity contribution >= 4 is 11.8 Å². The molecule has 0 bridgehead atoms. The van der Waals surface area contributed by atoms with E-state index in [2.05, 4.69) is 0 Å². The van der Waals surface area contributed by atoms with Crippen molar-refractivity contribution in [2.45, 2.75) is 24.8 Å². The molecule has 4 nitrogen and oxygen atoms in total. The quantitative estimate of drug-likeness (QED) is 0.788. The van der Waals surface area contributed by atoms with Gasteiger partial charge in [-0.1, -0.05) is 12.1 Å². The SMILES string of the molecule is O=C1OCC2(CCC2)N1c1ccccc1O. The summed E-state index contributed by atoms with van der Waals surface area (Å²) in [6.07, 6.45) is 2.67. The number of carbonyl (C=O) groups is 1. The fraction of sp³-hybridized carbons (Fsp3) is 0.417. The number of phenolic OH excluding ortho intramolecular Hbond substituents is 1. The number of cyclic esters (lactones) is 1. The van der Waals surface area contributed by atoms with Crippen LogP contribution in [0.15, 0.2) is 24.3 Å². The van der Waals surface area contributed by atoms with Crippen LogP contribution in [0, 0.1) is 0 Å². The zero-order chi connectivity index (χ0) is 11.2. The fourth-order valence-corrected chi connectivity index (χ4v) is 2.48. The monoisotopic (exact) mass is 219 g/mol. The number of amides is 1. The molecular weight excluding hydrogens is 206 g/mol. The Morgan fingerprint density at radius 1 is 1.31 bits per heavy atom. The summed E-state index contributed by atoms with van der Waals surface area (Å²) in [5, 5.41) is 9.79. The van der Waals surface area contributed by atoms with Gasteiger partial charge in [-0.3, -0.25) is 4.90 Å². The van der Waals surface area contributed by atoms with Gasteiger partial charge < -0.3 is 9.84 Å². The van der Waals surface area contributed by atoms with E-state index in [0.29, 0.717) is 12.3 Å². The molecule has 0 aromatic heterocycles. The molecule has 1 N–H and O–H groups in total. The molecule has 0 radical (unpaired) electrons. The van der Waals surface area contributed by atoms with Crippen LogP contribution in [0.25, 0.3) is 0 Å². The summed E-state index contributed by atoms with van der Waals surface area (Å²) in [6.45, 7) is 0.445. The number of carbonyl (C=O) groups excluding carboxylic acids is 1. The number of phenols is 1. The molecule has 16 heavy (non-hydrogen) atoms. The lowest BCUT2D eigenvalue weighted by molar-refractivity contribution is 0.154. The summed E-state index contributed by atoms with van der Waals surface area (Å²) in [5.74, 6) is 0.132. The first-order valence-corrected chi connectivity index (χ1v) is 5.48. The van der Waals surface area contributed by atoms with Crippen LogP contribution in [0.2, 0.25) is 0 Å². The van der Waals surface area contributed by atoms with Gasteiger partial charge in [0.2, 0.25) is 0 Å². The Bertz CT molecular complexity index is 440. The standard InChI is InChI=1S/C12H13NO3/c14-10-5-2-1-4-9(10)13-11(15)16-8-12(13)6-3-7-12/h1-2,4-5,14H,3,6-8H2. The largest absolute Gasteiger partial charge is 0.506 e. The average molecular weight is 219 g/mol. The van der Waals surface area contributed by atoms with Gasteiger partial charge >= 0.3 is 6.09 Å². The van der Waals surface area contributed by atoms with Crippen molar-refractivity contribution in [3.63, 3.8) is 0 Å². The fourth-order valence-electron chi connectivity index (χ4n) is 2.48. The molecule has 1 heterocycles. The van der Waals surface area contributed by atoms with Crippen molar-refractivity contribution < 1.29 is 14.6 Å². The number of hydrogen-bond acceptors (Lipinski definition) is 3. The summed E-state index contributed by atoms with van der Waals surface area (Å²) in [5.41, 5.74) is 0.361. The molecule has 2 aliphatic rings. The molecule has 0 atom stereocenters. The van der Waals surface area contributed by atoms with Gasteiger partial charge in [0.1, 0.15) is 12.4 Å². The molecule has 1 saturated heterocycles. The summed E-state index contributed by atoms with van der Waals surface area (Å²) < 4.78 is 5.11. The van der Waals surface area contributed by atoms with E-state index in [1.54, 1.807) is 23.1 Å². The predicted molar refractivity (Wildman–Crippen MR) is 58.5 cm³/mol. The van der Waals surface area contributed by atoms with Gasteiger partial charge in [-0.05, 0) is 31.4 Å². The molecule has 1 spiro atoms. The van der Waals surface area contributed by atoms with E-state index in [9.17, 15) is 9.90 Å². The Labute approximate surface area is 93.4 Å². The number of benzene rings is 1. The molecule has 0 unspecified atom stereocenters. The Balaban J connectivity index is 2.04. The zero-order valence-corrected chi connectivity index (χ0v) is 8.85. The minimum Gasteiger partial charge on any atom is -0.506 e. The van der Waals surface area contributed by atoms with Crippen molar-refractivity contribution in [1.82, 2.24) is 0 Å². The number of aromatic hydroxyl groups is 1. The third kappa shape index (κ3) is 1.13. The average Bonchev–Trinajstić information content (AvgIpc) is 2.57. The van der Waals surface area contributed by atoms with E-state index >= 15 is 0 Å². The first-order valence-electron chi connectivity index (χ1n) is 5.48. The van der Waals surface area contributed by atoms with Crippen LogP contribution in [-0.2, 0) is 4.74 Å². The highest BCUT2D eigenvalue weighted by molar-refractivity contribution is 5.93. The number of para-hydroxylation sites is 2. The third-order valence-corrected chi connectivity index (χ3v) is 3.53. The van der Waals surface area contributed by atoms with Crippen LogP contribution in [0.1, 0.15) is 19.3 Å². The van der Waals surface area contributed by atoms with Crippen molar-refractivity contribution in [2.75, 3.05) is 11.5 Å². The van der Waals surface area contributed by atoms with E-state index in [1.165, 1.54) is 0 Å². The van der Waals surface area contributed by atoms with Gasteiger partial charge in [-0.2, -0.15) is 0 Å². The molecule has 2 fully saturated rings. The number of ether oxygens (including phenoxy) is 1. The predicted octanol–water partition coefficient (Wildman–Crippen LogP) is 2.27. The summed E-state index contributed by atoms with van der Waals surface area (Å²) >= 11 is 0. The first-order chi connectivity index (χ1) is 7.73.